The molecule has 1 fully saturated rings. The molecule has 1 aliphatic rings. The zero-order valence-electron chi connectivity index (χ0n) is 18.4. The largest absolute Gasteiger partial charge is 0.356 e. The van der Waals surface area contributed by atoms with Crippen molar-refractivity contribution in [2.45, 2.75) is 32.1 Å². The third kappa shape index (κ3) is 5.95. The third-order valence-corrected chi connectivity index (χ3v) is 5.52. The Hall–Kier alpha value is -2.57. The molecule has 1 aliphatic carbocycles. The van der Waals surface area contributed by atoms with Crippen molar-refractivity contribution in [1.29, 1.82) is 0 Å². The Labute approximate surface area is 174 Å². The summed E-state index contributed by atoms with van der Waals surface area (Å²) in [6, 6.07) is 7.70. The van der Waals surface area contributed by atoms with E-state index in [2.05, 4.69) is 15.6 Å². The van der Waals surface area contributed by atoms with Crippen LogP contribution in [0.25, 0.3) is 0 Å². The molecule has 0 heterocycles. The zero-order valence-corrected chi connectivity index (χ0v) is 18.4. The molecule has 0 spiro atoms. The van der Waals surface area contributed by atoms with Crippen molar-refractivity contribution in [3.63, 3.8) is 0 Å². The average molecular weight is 402 g/mol. The van der Waals surface area contributed by atoms with E-state index in [9.17, 15) is 9.59 Å². The van der Waals surface area contributed by atoms with Gasteiger partial charge in [-0.25, -0.2) is 0 Å². The predicted molar refractivity (Wildman–Crippen MR) is 117 cm³/mol. The summed E-state index contributed by atoms with van der Waals surface area (Å²) < 4.78 is 0. The van der Waals surface area contributed by atoms with E-state index in [1.165, 1.54) is 0 Å². The van der Waals surface area contributed by atoms with Gasteiger partial charge in [-0.3, -0.25) is 14.6 Å². The molecule has 7 nitrogen and oxygen atoms in total. The molecule has 0 bridgehead atoms. The molecule has 2 N–H and O–H groups in total. The van der Waals surface area contributed by atoms with Gasteiger partial charge in [0.05, 0.1) is 5.41 Å². The van der Waals surface area contributed by atoms with Crippen molar-refractivity contribution in [3.8, 4) is 0 Å². The van der Waals surface area contributed by atoms with Gasteiger partial charge in [0.1, 0.15) is 0 Å². The Balaban J connectivity index is 1.89. The molecule has 0 atom stereocenters. The Bertz CT molecular complexity index is 736. The summed E-state index contributed by atoms with van der Waals surface area (Å²) in [6.45, 7) is 1.28. The number of amides is 2. The minimum absolute atomic E-state index is 0.00436. The number of rotatable bonds is 7. The number of aliphatic imine (C=N–C) groups is 1. The molecule has 1 aromatic rings. The lowest BCUT2D eigenvalue weighted by Gasteiger charge is -2.31. The lowest BCUT2D eigenvalue weighted by atomic mass is 9.84. The molecule has 0 aromatic heterocycles. The maximum absolute atomic E-state index is 12.7. The molecule has 0 saturated heterocycles. The topological polar surface area (TPSA) is 77.0 Å². The van der Waals surface area contributed by atoms with Crippen LogP contribution in [0.4, 0.5) is 0 Å². The van der Waals surface area contributed by atoms with E-state index in [4.69, 9.17) is 0 Å². The maximum atomic E-state index is 12.7. The Morgan fingerprint density at radius 2 is 1.76 bits per heavy atom. The van der Waals surface area contributed by atoms with Gasteiger partial charge in [0.2, 0.25) is 5.91 Å². The van der Waals surface area contributed by atoms with Gasteiger partial charge in [-0.05, 0) is 37.0 Å². The van der Waals surface area contributed by atoms with Crippen LogP contribution >= 0.6 is 0 Å². The van der Waals surface area contributed by atoms with Crippen LogP contribution in [0, 0.1) is 5.41 Å². The number of carbonyl (C=O) groups excluding carboxylic acids is 2. The summed E-state index contributed by atoms with van der Waals surface area (Å²) in [4.78, 5) is 32.4. The van der Waals surface area contributed by atoms with E-state index < -0.39 is 0 Å². The quantitative estimate of drug-likeness (QED) is 0.539. The van der Waals surface area contributed by atoms with Gasteiger partial charge < -0.3 is 20.4 Å². The monoisotopic (exact) mass is 401 g/mol. The fourth-order valence-corrected chi connectivity index (χ4v) is 3.91. The minimum Gasteiger partial charge on any atom is -0.356 e. The van der Waals surface area contributed by atoms with Crippen molar-refractivity contribution in [1.82, 2.24) is 20.4 Å². The van der Waals surface area contributed by atoms with Crippen LogP contribution in [0.1, 0.15) is 41.6 Å². The Morgan fingerprint density at radius 1 is 1.07 bits per heavy atom. The maximum Gasteiger partial charge on any atom is 0.253 e. The Kier molecular flexibility index (Phi) is 8.05. The van der Waals surface area contributed by atoms with Crippen molar-refractivity contribution in [2.24, 2.45) is 10.4 Å². The standard InChI is InChI=1S/C22H35N5O2/c1-23-21(25-16-22(12-6-7-13-22)20(29)27(4)5)24-14-11-17-9-8-10-18(15-17)19(28)26(2)3/h8-10,15H,6-7,11-14,16H2,1-5H3,(H2,23,24,25). The first-order valence-corrected chi connectivity index (χ1v) is 10.3. The van der Waals surface area contributed by atoms with E-state index in [-0.39, 0.29) is 17.2 Å². The first-order valence-electron chi connectivity index (χ1n) is 10.3. The van der Waals surface area contributed by atoms with Crippen LogP contribution in [-0.2, 0) is 11.2 Å². The molecule has 0 unspecified atom stereocenters. The van der Waals surface area contributed by atoms with E-state index in [1.807, 2.05) is 38.4 Å². The summed E-state index contributed by atoms with van der Waals surface area (Å²) in [6.07, 6.45) is 4.79. The van der Waals surface area contributed by atoms with Crippen LogP contribution in [0.3, 0.4) is 0 Å². The van der Waals surface area contributed by atoms with E-state index >= 15 is 0 Å². The number of guanidine groups is 1. The van der Waals surface area contributed by atoms with Crippen molar-refractivity contribution in [3.05, 3.63) is 35.4 Å². The molecule has 0 radical (unpaired) electrons. The molecule has 0 aliphatic heterocycles. The van der Waals surface area contributed by atoms with Crippen LogP contribution in [0.15, 0.2) is 29.3 Å². The SMILES string of the molecule is CN=C(NCCc1cccc(C(=O)N(C)C)c1)NCC1(C(=O)N(C)C)CCCC1. The molecule has 29 heavy (non-hydrogen) atoms. The van der Waals surface area contributed by atoms with E-state index in [0.717, 1.165) is 37.7 Å². The number of hydrogen-bond donors (Lipinski definition) is 2. The van der Waals surface area contributed by atoms with Gasteiger partial charge in [-0.15, -0.1) is 0 Å². The van der Waals surface area contributed by atoms with E-state index in [1.54, 1.807) is 30.9 Å². The summed E-state index contributed by atoms with van der Waals surface area (Å²) in [5, 5.41) is 6.67. The molecule has 1 saturated carbocycles. The summed E-state index contributed by atoms with van der Waals surface area (Å²) in [7, 11) is 8.89. The molecule has 1 aromatic carbocycles. The highest BCUT2D eigenvalue weighted by Gasteiger charge is 2.42. The molecular weight excluding hydrogens is 366 g/mol. The Morgan fingerprint density at radius 3 is 2.34 bits per heavy atom. The number of carbonyl (C=O) groups is 2. The molecule has 2 amide bonds. The molecule has 7 heteroatoms. The second-order valence-corrected chi connectivity index (χ2v) is 8.19. The van der Waals surface area contributed by atoms with Crippen molar-refractivity contribution < 1.29 is 9.59 Å². The predicted octanol–water partition coefficient (Wildman–Crippen LogP) is 1.74. The number of hydrogen-bond acceptors (Lipinski definition) is 3. The van der Waals surface area contributed by atoms with Crippen molar-refractivity contribution in [2.75, 3.05) is 48.3 Å². The summed E-state index contributed by atoms with van der Waals surface area (Å²) >= 11 is 0. The molecule has 160 valence electrons. The average Bonchev–Trinajstić information content (AvgIpc) is 3.19. The normalized spacial score (nSPS) is 15.7. The lowest BCUT2D eigenvalue weighted by molar-refractivity contribution is -0.138. The second-order valence-electron chi connectivity index (χ2n) is 8.19. The minimum atomic E-state index is -0.331. The smallest absolute Gasteiger partial charge is 0.253 e. The van der Waals surface area contributed by atoms with Gasteiger partial charge in [-0.2, -0.15) is 0 Å². The fourth-order valence-electron chi connectivity index (χ4n) is 3.91. The molecular formula is C22H35N5O2. The summed E-state index contributed by atoms with van der Waals surface area (Å²) in [5.74, 6) is 0.897. The number of nitrogens with zero attached hydrogens (tertiary/aromatic N) is 3. The highest BCUT2D eigenvalue weighted by atomic mass is 16.2. The zero-order chi connectivity index (χ0) is 21.4. The van der Waals surface area contributed by atoms with Gasteiger partial charge in [0, 0.05) is 53.9 Å². The third-order valence-electron chi connectivity index (χ3n) is 5.52. The van der Waals surface area contributed by atoms with Gasteiger partial charge in [0.15, 0.2) is 5.96 Å². The second kappa shape index (κ2) is 10.3. The highest BCUT2D eigenvalue weighted by Crippen LogP contribution is 2.38. The van der Waals surface area contributed by atoms with Crippen LogP contribution in [0.5, 0.6) is 0 Å². The molecule has 2 rings (SSSR count). The van der Waals surface area contributed by atoms with Crippen molar-refractivity contribution >= 4 is 17.8 Å². The van der Waals surface area contributed by atoms with Gasteiger partial charge in [0.25, 0.3) is 5.91 Å². The van der Waals surface area contributed by atoms with Gasteiger partial charge in [-0.1, -0.05) is 25.0 Å². The van der Waals surface area contributed by atoms with Crippen LogP contribution in [0.2, 0.25) is 0 Å². The summed E-state index contributed by atoms with van der Waals surface area (Å²) in [5.41, 5.74) is 1.46. The number of benzene rings is 1. The van der Waals surface area contributed by atoms with Gasteiger partial charge >= 0.3 is 0 Å². The van der Waals surface area contributed by atoms with Crippen LogP contribution in [-0.4, -0.2) is 75.9 Å². The first kappa shape index (κ1) is 22.7. The van der Waals surface area contributed by atoms with Crippen LogP contribution < -0.4 is 10.6 Å². The first-order chi connectivity index (χ1) is 13.8. The lowest BCUT2D eigenvalue weighted by Crippen LogP contribution is -2.49. The number of nitrogens with one attached hydrogen (secondary N) is 2. The highest BCUT2D eigenvalue weighted by molar-refractivity contribution is 5.94. The fraction of sp³-hybridized carbons (Fsp3) is 0.591. The van der Waals surface area contributed by atoms with E-state index in [0.29, 0.717) is 24.6 Å².